The third-order valence-electron chi connectivity index (χ3n) is 3.37. The predicted octanol–water partition coefficient (Wildman–Crippen LogP) is 5.67. The van der Waals surface area contributed by atoms with E-state index in [1.807, 2.05) is 36.4 Å². The molecule has 0 unspecified atom stereocenters. The number of ether oxygens (including phenoxy) is 1. The first-order chi connectivity index (χ1) is 10.7. The fraction of sp³-hybridized carbons (Fsp3) is 0.0556. The van der Waals surface area contributed by atoms with Crippen molar-refractivity contribution in [2.24, 2.45) is 0 Å². The van der Waals surface area contributed by atoms with Gasteiger partial charge in [0.15, 0.2) is 0 Å². The van der Waals surface area contributed by atoms with Crippen LogP contribution >= 0.6 is 27.3 Å². The summed E-state index contributed by atoms with van der Waals surface area (Å²) >= 11 is 5.35. The Balaban J connectivity index is 1.96. The Hall–Kier alpha value is -1.91. The molecule has 0 aliphatic heterocycles. The van der Waals surface area contributed by atoms with E-state index in [4.69, 9.17) is 4.74 Å². The Labute approximate surface area is 141 Å². The molecule has 0 saturated heterocycles. The molecule has 0 amide bonds. The number of methoxy groups -OCH3 is 1. The number of benzene rings is 2. The minimum atomic E-state index is 0.690. The average molecular weight is 373 g/mol. The second-order valence-electron chi connectivity index (χ2n) is 4.76. The van der Waals surface area contributed by atoms with E-state index in [1.165, 1.54) is 4.88 Å². The monoisotopic (exact) mass is 372 g/mol. The van der Waals surface area contributed by atoms with Crippen molar-refractivity contribution < 1.29 is 9.53 Å². The summed E-state index contributed by atoms with van der Waals surface area (Å²) < 4.78 is 6.26. The number of hydrogen-bond donors (Lipinski definition) is 0. The summed E-state index contributed by atoms with van der Waals surface area (Å²) in [6, 6.07) is 17.7. The van der Waals surface area contributed by atoms with Gasteiger partial charge in [-0.25, -0.2) is 0 Å². The summed E-state index contributed by atoms with van der Waals surface area (Å²) in [5.41, 5.74) is 2.94. The maximum atomic E-state index is 10.7. The van der Waals surface area contributed by atoms with Crippen molar-refractivity contribution in [2.45, 2.75) is 0 Å². The highest BCUT2D eigenvalue weighted by Crippen LogP contribution is 2.41. The van der Waals surface area contributed by atoms with E-state index in [-0.39, 0.29) is 0 Å². The molecule has 1 heterocycles. The molecule has 0 fully saturated rings. The molecule has 0 spiro atoms. The molecule has 0 radical (unpaired) electrons. The van der Waals surface area contributed by atoms with Crippen LogP contribution in [0.3, 0.4) is 0 Å². The molecule has 22 heavy (non-hydrogen) atoms. The van der Waals surface area contributed by atoms with Crippen LogP contribution in [0.25, 0.3) is 20.9 Å². The maximum absolute atomic E-state index is 10.7. The molecule has 4 heteroatoms. The van der Waals surface area contributed by atoms with E-state index in [0.717, 1.165) is 32.5 Å². The lowest BCUT2D eigenvalue weighted by Gasteiger charge is -2.02. The first-order valence-electron chi connectivity index (χ1n) is 6.70. The number of rotatable bonds is 4. The van der Waals surface area contributed by atoms with Crippen molar-refractivity contribution in [3.8, 4) is 26.6 Å². The van der Waals surface area contributed by atoms with Gasteiger partial charge in [-0.15, -0.1) is 11.3 Å². The number of thiophene rings is 1. The van der Waals surface area contributed by atoms with Crippen molar-refractivity contribution in [2.75, 3.05) is 7.11 Å². The molecule has 0 aliphatic carbocycles. The van der Waals surface area contributed by atoms with Gasteiger partial charge in [-0.3, -0.25) is 4.79 Å². The fourth-order valence-corrected chi connectivity index (χ4v) is 4.09. The summed E-state index contributed by atoms with van der Waals surface area (Å²) in [6.45, 7) is 0. The Morgan fingerprint density at radius 1 is 1.00 bits per heavy atom. The van der Waals surface area contributed by atoms with Gasteiger partial charge in [-0.05, 0) is 57.4 Å². The largest absolute Gasteiger partial charge is 0.497 e. The molecule has 3 aromatic rings. The SMILES string of the molecule is COc1ccc(-c2sc(-c3ccc(C=O)cc3)cc2Br)cc1. The molecular formula is C18H13BrO2S. The van der Waals surface area contributed by atoms with Crippen LogP contribution in [0.5, 0.6) is 5.75 Å². The average Bonchev–Trinajstić information content (AvgIpc) is 2.97. The van der Waals surface area contributed by atoms with Gasteiger partial charge in [0.05, 0.1) is 7.11 Å². The fourth-order valence-electron chi connectivity index (χ4n) is 2.18. The predicted molar refractivity (Wildman–Crippen MR) is 94.8 cm³/mol. The van der Waals surface area contributed by atoms with Crippen LogP contribution < -0.4 is 4.74 Å². The van der Waals surface area contributed by atoms with Gasteiger partial charge < -0.3 is 4.74 Å². The molecular weight excluding hydrogens is 360 g/mol. The van der Waals surface area contributed by atoms with Crippen molar-refractivity contribution >= 4 is 33.6 Å². The lowest BCUT2D eigenvalue weighted by Crippen LogP contribution is -1.81. The highest BCUT2D eigenvalue weighted by molar-refractivity contribution is 9.10. The number of hydrogen-bond acceptors (Lipinski definition) is 3. The summed E-state index contributed by atoms with van der Waals surface area (Å²) in [5.74, 6) is 0.848. The molecule has 3 rings (SSSR count). The smallest absolute Gasteiger partial charge is 0.150 e. The maximum Gasteiger partial charge on any atom is 0.150 e. The zero-order valence-electron chi connectivity index (χ0n) is 11.9. The van der Waals surface area contributed by atoms with Crippen LogP contribution in [0.2, 0.25) is 0 Å². The third kappa shape index (κ3) is 2.98. The van der Waals surface area contributed by atoms with Gasteiger partial charge in [0, 0.05) is 19.8 Å². The van der Waals surface area contributed by atoms with Crippen LogP contribution in [0.1, 0.15) is 10.4 Å². The van der Waals surface area contributed by atoms with E-state index < -0.39 is 0 Å². The number of aldehydes is 1. The number of carbonyl (C=O) groups excluding carboxylic acids is 1. The lowest BCUT2D eigenvalue weighted by atomic mass is 10.1. The zero-order chi connectivity index (χ0) is 15.5. The standard InChI is InChI=1S/C18H13BrO2S/c1-21-15-8-6-14(7-9-15)18-16(19)10-17(22-18)13-4-2-12(11-20)3-5-13/h2-11H,1H3. The van der Waals surface area contributed by atoms with Crippen LogP contribution in [-0.2, 0) is 0 Å². The molecule has 0 atom stereocenters. The quantitative estimate of drug-likeness (QED) is 0.551. The highest BCUT2D eigenvalue weighted by Gasteiger charge is 2.11. The Morgan fingerprint density at radius 3 is 2.23 bits per heavy atom. The Morgan fingerprint density at radius 2 is 1.64 bits per heavy atom. The van der Waals surface area contributed by atoms with Crippen molar-refractivity contribution in [3.63, 3.8) is 0 Å². The van der Waals surface area contributed by atoms with E-state index in [2.05, 4.69) is 34.1 Å². The molecule has 110 valence electrons. The first-order valence-corrected chi connectivity index (χ1v) is 8.31. The lowest BCUT2D eigenvalue weighted by molar-refractivity contribution is 0.112. The van der Waals surface area contributed by atoms with Crippen LogP contribution in [-0.4, -0.2) is 13.4 Å². The zero-order valence-corrected chi connectivity index (χ0v) is 14.3. The van der Waals surface area contributed by atoms with Crippen LogP contribution in [0.4, 0.5) is 0 Å². The summed E-state index contributed by atoms with van der Waals surface area (Å²) in [6.07, 6.45) is 0.858. The summed E-state index contributed by atoms with van der Waals surface area (Å²) in [7, 11) is 1.66. The second-order valence-corrected chi connectivity index (χ2v) is 6.66. The Kier molecular flexibility index (Phi) is 4.41. The number of halogens is 1. The molecule has 2 aromatic carbocycles. The Bertz CT molecular complexity index is 789. The van der Waals surface area contributed by atoms with Gasteiger partial charge in [0.2, 0.25) is 0 Å². The minimum Gasteiger partial charge on any atom is -0.497 e. The summed E-state index contributed by atoms with van der Waals surface area (Å²) in [4.78, 5) is 13.1. The van der Waals surface area contributed by atoms with E-state index >= 15 is 0 Å². The summed E-state index contributed by atoms with van der Waals surface area (Å²) in [5, 5.41) is 0. The molecule has 1 aromatic heterocycles. The minimum absolute atomic E-state index is 0.690. The van der Waals surface area contributed by atoms with Gasteiger partial charge >= 0.3 is 0 Å². The topological polar surface area (TPSA) is 26.3 Å². The van der Waals surface area contributed by atoms with Crippen LogP contribution in [0, 0.1) is 0 Å². The molecule has 2 nitrogen and oxygen atoms in total. The van der Waals surface area contributed by atoms with Crippen molar-refractivity contribution in [1.82, 2.24) is 0 Å². The van der Waals surface area contributed by atoms with Gasteiger partial charge in [0.1, 0.15) is 12.0 Å². The number of carbonyl (C=O) groups is 1. The van der Waals surface area contributed by atoms with Crippen molar-refractivity contribution in [3.05, 3.63) is 64.6 Å². The molecule has 0 aliphatic rings. The highest BCUT2D eigenvalue weighted by atomic mass is 79.9. The van der Waals surface area contributed by atoms with Gasteiger partial charge in [0.25, 0.3) is 0 Å². The molecule has 0 N–H and O–H groups in total. The molecule has 0 bridgehead atoms. The van der Waals surface area contributed by atoms with Crippen LogP contribution in [0.15, 0.2) is 59.1 Å². The van der Waals surface area contributed by atoms with E-state index in [1.54, 1.807) is 18.4 Å². The normalized spacial score (nSPS) is 10.5. The molecule has 0 saturated carbocycles. The second kappa shape index (κ2) is 6.46. The van der Waals surface area contributed by atoms with Gasteiger partial charge in [-0.1, -0.05) is 24.3 Å². The van der Waals surface area contributed by atoms with Crippen molar-refractivity contribution in [1.29, 1.82) is 0 Å². The first kappa shape index (κ1) is 15.0. The van der Waals surface area contributed by atoms with Gasteiger partial charge in [-0.2, -0.15) is 0 Å². The van der Waals surface area contributed by atoms with E-state index in [9.17, 15) is 4.79 Å². The van der Waals surface area contributed by atoms with E-state index in [0.29, 0.717) is 5.56 Å². The third-order valence-corrected chi connectivity index (χ3v) is 5.49.